The topological polar surface area (TPSA) is 102 Å². The summed E-state index contributed by atoms with van der Waals surface area (Å²) in [5.41, 5.74) is 2.35. The second-order valence-electron chi connectivity index (χ2n) is 10.5. The number of aliphatic hydroxyl groups is 1. The van der Waals surface area contributed by atoms with Crippen molar-refractivity contribution in [1.82, 2.24) is 20.4 Å². The van der Waals surface area contributed by atoms with E-state index in [0.29, 0.717) is 53.8 Å². The molecule has 0 saturated carbocycles. The summed E-state index contributed by atoms with van der Waals surface area (Å²) in [4.78, 5) is 43.4. The summed E-state index contributed by atoms with van der Waals surface area (Å²) < 4.78 is 0. The summed E-state index contributed by atoms with van der Waals surface area (Å²) in [5.74, 6) is -0.741. The zero-order valence-electron chi connectivity index (χ0n) is 22.5. The average Bonchev–Trinajstić information content (AvgIpc) is 2.97. The van der Waals surface area contributed by atoms with Crippen LogP contribution in [0.4, 0.5) is 0 Å². The number of nitrogens with one attached hydrogen (secondary N) is 2. The van der Waals surface area contributed by atoms with Crippen molar-refractivity contribution < 1.29 is 19.5 Å². The van der Waals surface area contributed by atoms with Crippen molar-refractivity contribution in [2.45, 2.75) is 20.1 Å². The molecule has 7 rings (SSSR count). The Morgan fingerprint density at radius 1 is 0.625 bits per heavy atom. The maximum absolute atomic E-state index is 13.6. The van der Waals surface area contributed by atoms with Crippen molar-refractivity contribution in [3.63, 3.8) is 0 Å². The van der Waals surface area contributed by atoms with Crippen molar-refractivity contribution >= 4 is 60.8 Å². The predicted molar refractivity (Wildman–Crippen MR) is 156 cm³/mol. The molecule has 8 heteroatoms. The van der Waals surface area contributed by atoms with Crippen LogP contribution in [0.15, 0.2) is 48.5 Å². The normalized spacial score (nSPS) is 17.0. The average molecular weight is 535 g/mol. The number of nitrogens with zero attached hydrogens (tertiary/aromatic N) is 2. The zero-order valence-corrected chi connectivity index (χ0v) is 22.5. The molecule has 202 valence electrons. The molecule has 1 atom stereocenters. The van der Waals surface area contributed by atoms with E-state index in [1.165, 1.54) is 9.80 Å². The molecular formula is C32H30N4O4. The molecule has 5 aromatic rings. The molecule has 1 unspecified atom stereocenters. The van der Waals surface area contributed by atoms with Crippen molar-refractivity contribution in [3.05, 3.63) is 70.8 Å². The molecular weight excluding hydrogens is 504 g/mol. The van der Waals surface area contributed by atoms with E-state index in [2.05, 4.69) is 10.6 Å². The molecule has 0 fully saturated rings. The van der Waals surface area contributed by atoms with Crippen LogP contribution >= 0.6 is 0 Å². The molecule has 8 nitrogen and oxygen atoms in total. The molecule has 0 aromatic heterocycles. The molecule has 0 saturated heterocycles. The molecule has 2 aliphatic rings. The Balaban J connectivity index is 1.47. The number of benzene rings is 5. The highest BCUT2D eigenvalue weighted by Crippen LogP contribution is 2.47. The monoisotopic (exact) mass is 534 g/mol. The number of amides is 3. The number of imide groups is 1. The highest BCUT2D eigenvalue weighted by atomic mass is 16.3. The van der Waals surface area contributed by atoms with Gasteiger partial charge < -0.3 is 20.6 Å². The van der Waals surface area contributed by atoms with Gasteiger partial charge in [-0.05, 0) is 63.6 Å². The molecule has 2 heterocycles. The van der Waals surface area contributed by atoms with Gasteiger partial charge in [-0.15, -0.1) is 0 Å². The Hall–Kier alpha value is -4.11. The third kappa shape index (κ3) is 3.27. The van der Waals surface area contributed by atoms with Gasteiger partial charge in [0.1, 0.15) is 0 Å². The Kier molecular flexibility index (Phi) is 5.75. The summed E-state index contributed by atoms with van der Waals surface area (Å²) in [7, 11) is 0. The molecule has 5 aromatic carbocycles. The first-order chi connectivity index (χ1) is 19.5. The molecule has 3 amide bonds. The molecule has 3 N–H and O–H groups in total. The summed E-state index contributed by atoms with van der Waals surface area (Å²) in [6.07, 6.45) is -1.04. The van der Waals surface area contributed by atoms with Crippen molar-refractivity contribution in [2.24, 2.45) is 0 Å². The smallest absolute Gasteiger partial charge is 0.261 e. The summed E-state index contributed by atoms with van der Waals surface area (Å²) in [5, 5.41) is 24.7. The molecule has 0 aliphatic carbocycles. The maximum atomic E-state index is 13.6. The second-order valence-corrected chi connectivity index (χ2v) is 10.5. The van der Waals surface area contributed by atoms with Gasteiger partial charge in [-0.1, -0.05) is 44.2 Å². The van der Waals surface area contributed by atoms with Gasteiger partial charge >= 0.3 is 0 Å². The zero-order chi connectivity index (χ0) is 27.7. The Morgan fingerprint density at radius 3 is 1.65 bits per heavy atom. The van der Waals surface area contributed by atoms with Gasteiger partial charge in [0.25, 0.3) is 17.7 Å². The lowest BCUT2D eigenvalue weighted by molar-refractivity contribution is 0.00552. The molecule has 0 spiro atoms. The van der Waals surface area contributed by atoms with Crippen molar-refractivity contribution in [1.29, 1.82) is 0 Å². The van der Waals surface area contributed by atoms with Gasteiger partial charge in [0.05, 0.1) is 0 Å². The number of likely N-dealkylation sites (N-methyl/N-ethyl adjacent to an activating group) is 2. The van der Waals surface area contributed by atoms with Crippen LogP contribution in [0.5, 0.6) is 0 Å². The van der Waals surface area contributed by atoms with Crippen molar-refractivity contribution in [3.8, 4) is 0 Å². The first-order valence-electron chi connectivity index (χ1n) is 13.9. The van der Waals surface area contributed by atoms with Gasteiger partial charge in [0.2, 0.25) is 0 Å². The minimum Gasteiger partial charge on any atom is -0.369 e. The predicted octanol–water partition coefficient (Wildman–Crippen LogP) is 4.00. The number of hydrogen-bond donors (Lipinski definition) is 3. The van der Waals surface area contributed by atoms with Crippen LogP contribution in [0.3, 0.4) is 0 Å². The van der Waals surface area contributed by atoms with Crippen LogP contribution < -0.4 is 10.6 Å². The van der Waals surface area contributed by atoms with Gasteiger partial charge in [0.15, 0.2) is 6.23 Å². The summed E-state index contributed by atoms with van der Waals surface area (Å²) >= 11 is 0. The second kappa shape index (κ2) is 9.23. The van der Waals surface area contributed by atoms with Crippen LogP contribution in [0.25, 0.3) is 43.1 Å². The van der Waals surface area contributed by atoms with Crippen LogP contribution in [0.2, 0.25) is 0 Å². The number of carbonyl (C=O) groups excluding carboxylic acids is 3. The SMILES string of the molecule is CCNCCN1C(=O)c2ccc3c4ccc5c6c(ccc(c7ccc(c2c37)C1=O)c64)C(O)N(CCNCC)C5=O. The van der Waals surface area contributed by atoms with Crippen LogP contribution in [0.1, 0.15) is 56.7 Å². The molecule has 0 radical (unpaired) electrons. The minimum atomic E-state index is -1.04. The lowest BCUT2D eigenvalue weighted by atomic mass is 9.82. The quantitative estimate of drug-likeness (QED) is 0.120. The fourth-order valence-corrected chi connectivity index (χ4v) is 6.65. The van der Waals surface area contributed by atoms with Crippen LogP contribution in [-0.4, -0.2) is 71.9 Å². The van der Waals surface area contributed by atoms with E-state index in [1.807, 2.05) is 62.4 Å². The first kappa shape index (κ1) is 24.9. The van der Waals surface area contributed by atoms with E-state index in [-0.39, 0.29) is 17.7 Å². The third-order valence-electron chi connectivity index (χ3n) is 8.49. The largest absolute Gasteiger partial charge is 0.369 e. The van der Waals surface area contributed by atoms with E-state index < -0.39 is 6.23 Å². The Labute approximate surface area is 230 Å². The summed E-state index contributed by atoms with van der Waals surface area (Å²) in [6, 6.07) is 15.3. The van der Waals surface area contributed by atoms with Crippen molar-refractivity contribution in [2.75, 3.05) is 39.3 Å². The number of aliphatic hydroxyl groups excluding tert-OH is 1. The number of carbonyl (C=O) groups is 3. The van der Waals surface area contributed by atoms with E-state index in [0.717, 1.165) is 50.8 Å². The lowest BCUT2D eigenvalue weighted by Gasteiger charge is -2.34. The number of rotatable bonds is 8. The van der Waals surface area contributed by atoms with E-state index in [4.69, 9.17) is 0 Å². The minimum absolute atomic E-state index is 0.188. The Morgan fingerprint density at radius 2 is 1.10 bits per heavy atom. The fraction of sp³-hybridized carbons (Fsp3) is 0.281. The van der Waals surface area contributed by atoms with Gasteiger partial charge in [-0.25, -0.2) is 0 Å². The molecule has 40 heavy (non-hydrogen) atoms. The first-order valence-corrected chi connectivity index (χ1v) is 13.9. The number of hydrogen-bond acceptors (Lipinski definition) is 6. The van der Waals surface area contributed by atoms with E-state index in [1.54, 1.807) is 0 Å². The van der Waals surface area contributed by atoms with Gasteiger partial charge in [0, 0.05) is 59.2 Å². The number of fused-ring (bicyclic) bond motifs is 2. The highest BCUT2D eigenvalue weighted by Gasteiger charge is 2.36. The maximum Gasteiger partial charge on any atom is 0.261 e. The van der Waals surface area contributed by atoms with E-state index >= 15 is 0 Å². The lowest BCUT2D eigenvalue weighted by Crippen LogP contribution is -2.43. The summed E-state index contributed by atoms with van der Waals surface area (Å²) in [6.45, 7) is 7.40. The van der Waals surface area contributed by atoms with Crippen LogP contribution in [-0.2, 0) is 0 Å². The van der Waals surface area contributed by atoms with Gasteiger partial charge in [-0.2, -0.15) is 0 Å². The van der Waals surface area contributed by atoms with Crippen LogP contribution in [0, 0.1) is 0 Å². The molecule has 2 aliphatic heterocycles. The van der Waals surface area contributed by atoms with Gasteiger partial charge in [-0.3, -0.25) is 19.3 Å². The standard InChI is InChI=1S/C32H30N4O4/c1-3-33-13-15-35-29(37)21-9-5-17-19-7-11-23-28-24(32(40)36(31(23)39)16-14-34-4-2)12-8-20(26(19)28)18-6-10-22(30(35)38)27(21)25(17)18/h5-12,29,33-34,37H,3-4,13-16H2,1-2H3. The Bertz CT molecular complexity index is 1810. The highest BCUT2D eigenvalue weighted by molar-refractivity contribution is 6.39. The fourth-order valence-electron chi connectivity index (χ4n) is 6.65. The van der Waals surface area contributed by atoms with E-state index in [9.17, 15) is 19.5 Å². The third-order valence-corrected chi connectivity index (χ3v) is 8.49. The molecule has 0 bridgehead atoms.